The molecule has 0 aliphatic carbocycles. The van der Waals surface area contributed by atoms with Gasteiger partial charge in [0.2, 0.25) is 5.91 Å². The van der Waals surface area contributed by atoms with Crippen LogP contribution in [0, 0.1) is 5.92 Å². The number of thiocarbonyl (C=S) groups is 1. The van der Waals surface area contributed by atoms with Crippen LogP contribution in [0.15, 0.2) is 22.7 Å². The number of carbonyl (C=O) groups excluding carboxylic acids is 1. The minimum Gasteiger partial charge on any atom is -0.495 e. The summed E-state index contributed by atoms with van der Waals surface area (Å²) in [6, 6.07) is 5.27. The number of anilines is 1. The van der Waals surface area contributed by atoms with E-state index < -0.39 is 5.92 Å². The Morgan fingerprint density at radius 3 is 2.76 bits per heavy atom. The number of nitrogens with two attached hydrogens (primary N) is 1. The fourth-order valence-electron chi connectivity index (χ4n) is 1.12. The summed E-state index contributed by atoms with van der Waals surface area (Å²) in [5.74, 6) is -0.0905. The lowest BCUT2D eigenvalue weighted by Crippen LogP contribution is -2.30. The van der Waals surface area contributed by atoms with E-state index in [-0.39, 0.29) is 10.9 Å². The Balaban J connectivity index is 2.82. The molecule has 0 spiro atoms. The van der Waals surface area contributed by atoms with E-state index in [2.05, 4.69) is 21.2 Å². The molecule has 1 aromatic rings. The molecule has 1 amide bonds. The van der Waals surface area contributed by atoms with Gasteiger partial charge < -0.3 is 15.8 Å². The van der Waals surface area contributed by atoms with Crippen LogP contribution in [0.1, 0.15) is 6.92 Å². The number of rotatable bonds is 4. The van der Waals surface area contributed by atoms with Crippen molar-refractivity contribution in [2.24, 2.45) is 11.7 Å². The summed E-state index contributed by atoms with van der Waals surface area (Å²) in [5, 5.41) is 2.72. The number of hydrogen-bond acceptors (Lipinski definition) is 3. The number of benzene rings is 1. The second-order valence-corrected chi connectivity index (χ2v) is 4.79. The van der Waals surface area contributed by atoms with Gasteiger partial charge in [-0.3, -0.25) is 4.79 Å². The predicted octanol–water partition coefficient (Wildman–Crippen LogP) is 2.32. The molecule has 6 heteroatoms. The van der Waals surface area contributed by atoms with E-state index in [0.717, 1.165) is 4.47 Å². The van der Waals surface area contributed by atoms with Crippen LogP contribution in [0.4, 0.5) is 5.69 Å². The summed E-state index contributed by atoms with van der Waals surface area (Å²) in [4.78, 5) is 11.9. The number of nitrogens with one attached hydrogen (secondary N) is 1. The lowest BCUT2D eigenvalue weighted by atomic mass is 10.1. The first-order valence-corrected chi connectivity index (χ1v) is 6.09. The van der Waals surface area contributed by atoms with Crippen LogP contribution in [-0.4, -0.2) is 18.0 Å². The summed E-state index contributed by atoms with van der Waals surface area (Å²) in [6.45, 7) is 1.66. The summed E-state index contributed by atoms with van der Waals surface area (Å²) in [5.41, 5.74) is 6.05. The Labute approximate surface area is 114 Å². The monoisotopic (exact) mass is 316 g/mol. The second kappa shape index (κ2) is 5.97. The Hall–Kier alpha value is -1.14. The van der Waals surface area contributed by atoms with E-state index in [1.54, 1.807) is 32.2 Å². The molecule has 3 N–H and O–H groups in total. The Morgan fingerprint density at radius 1 is 1.59 bits per heavy atom. The third-order valence-corrected chi connectivity index (χ3v) is 3.25. The topological polar surface area (TPSA) is 64.3 Å². The largest absolute Gasteiger partial charge is 0.495 e. The van der Waals surface area contributed by atoms with Gasteiger partial charge in [0.15, 0.2) is 0 Å². The van der Waals surface area contributed by atoms with Crippen LogP contribution < -0.4 is 15.8 Å². The van der Waals surface area contributed by atoms with Crippen molar-refractivity contribution < 1.29 is 9.53 Å². The third-order valence-electron chi connectivity index (χ3n) is 2.24. The van der Waals surface area contributed by atoms with Crippen LogP contribution in [-0.2, 0) is 4.79 Å². The number of carbonyl (C=O) groups is 1. The van der Waals surface area contributed by atoms with Crippen LogP contribution in [0.3, 0.4) is 0 Å². The molecule has 0 aliphatic rings. The van der Waals surface area contributed by atoms with E-state index in [0.29, 0.717) is 11.4 Å². The summed E-state index contributed by atoms with van der Waals surface area (Å²) in [7, 11) is 1.56. The highest BCUT2D eigenvalue weighted by atomic mass is 79.9. The van der Waals surface area contributed by atoms with Gasteiger partial charge in [-0.05, 0) is 35.0 Å². The first-order chi connectivity index (χ1) is 7.95. The zero-order valence-corrected chi connectivity index (χ0v) is 11.9. The van der Waals surface area contributed by atoms with Gasteiger partial charge in [-0.15, -0.1) is 0 Å². The third kappa shape index (κ3) is 3.67. The van der Waals surface area contributed by atoms with Crippen molar-refractivity contribution in [2.45, 2.75) is 6.92 Å². The molecule has 0 saturated heterocycles. The maximum Gasteiger partial charge on any atom is 0.234 e. The van der Waals surface area contributed by atoms with Gasteiger partial charge in [-0.25, -0.2) is 0 Å². The van der Waals surface area contributed by atoms with Gasteiger partial charge in [0.05, 0.1) is 22.5 Å². The van der Waals surface area contributed by atoms with Gasteiger partial charge in [0.1, 0.15) is 5.75 Å². The average Bonchev–Trinajstić information content (AvgIpc) is 2.30. The maximum atomic E-state index is 11.7. The molecular weight excluding hydrogens is 304 g/mol. The highest BCUT2D eigenvalue weighted by molar-refractivity contribution is 9.10. The lowest BCUT2D eigenvalue weighted by molar-refractivity contribution is -0.117. The SMILES string of the molecule is COc1cc(NC(=O)C(C)C(N)=S)ccc1Br. The molecule has 92 valence electrons. The first-order valence-electron chi connectivity index (χ1n) is 4.89. The number of halogens is 1. The van der Waals surface area contributed by atoms with Crippen molar-refractivity contribution in [1.82, 2.24) is 0 Å². The lowest BCUT2D eigenvalue weighted by Gasteiger charge is -2.12. The number of hydrogen-bond donors (Lipinski definition) is 2. The molecule has 4 nitrogen and oxygen atoms in total. The normalized spacial score (nSPS) is 11.7. The van der Waals surface area contributed by atoms with Gasteiger partial charge in [-0.1, -0.05) is 12.2 Å². The second-order valence-electron chi connectivity index (χ2n) is 3.46. The zero-order valence-electron chi connectivity index (χ0n) is 9.49. The van der Waals surface area contributed by atoms with E-state index in [4.69, 9.17) is 22.7 Å². The van der Waals surface area contributed by atoms with E-state index in [1.165, 1.54) is 0 Å². The van der Waals surface area contributed by atoms with Gasteiger partial charge in [0, 0.05) is 11.8 Å². The van der Waals surface area contributed by atoms with Crippen molar-refractivity contribution in [3.8, 4) is 5.75 Å². The minimum absolute atomic E-state index is 0.173. The summed E-state index contributed by atoms with van der Waals surface area (Å²) in [6.07, 6.45) is 0. The molecule has 0 saturated carbocycles. The molecule has 0 aromatic heterocycles. The molecule has 0 fully saturated rings. The van der Waals surface area contributed by atoms with E-state index >= 15 is 0 Å². The molecule has 1 unspecified atom stereocenters. The standard InChI is InChI=1S/C11H13BrN2O2S/c1-6(10(13)17)11(15)14-7-3-4-8(12)9(5-7)16-2/h3-6H,1-2H3,(H2,13,17)(H,14,15). The van der Waals surface area contributed by atoms with E-state index in [1.807, 2.05) is 0 Å². The smallest absolute Gasteiger partial charge is 0.234 e. The van der Waals surface area contributed by atoms with Crippen LogP contribution in [0.2, 0.25) is 0 Å². The Morgan fingerprint density at radius 2 is 2.24 bits per heavy atom. The fourth-order valence-corrected chi connectivity index (χ4v) is 1.63. The van der Waals surface area contributed by atoms with Crippen molar-refractivity contribution >= 4 is 44.7 Å². The molecule has 1 rings (SSSR count). The Kier molecular flexibility index (Phi) is 4.89. The number of amides is 1. The summed E-state index contributed by atoms with van der Waals surface area (Å²) >= 11 is 8.10. The quantitative estimate of drug-likeness (QED) is 0.837. The van der Waals surface area contributed by atoms with Gasteiger partial charge in [0.25, 0.3) is 0 Å². The van der Waals surface area contributed by atoms with Crippen LogP contribution in [0.5, 0.6) is 5.75 Å². The van der Waals surface area contributed by atoms with Crippen LogP contribution in [0.25, 0.3) is 0 Å². The van der Waals surface area contributed by atoms with Crippen LogP contribution >= 0.6 is 28.1 Å². The van der Waals surface area contributed by atoms with Crippen molar-refractivity contribution in [3.63, 3.8) is 0 Å². The first kappa shape index (κ1) is 13.9. The van der Waals surface area contributed by atoms with Crippen molar-refractivity contribution in [2.75, 3.05) is 12.4 Å². The molecule has 1 atom stereocenters. The predicted molar refractivity (Wildman–Crippen MR) is 75.3 cm³/mol. The minimum atomic E-state index is -0.500. The molecule has 1 aromatic carbocycles. The summed E-state index contributed by atoms with van der Waals surface area (Å²) < 4.78 is 5.95. The zero-order chi connectivity index (χ0) is 13.0. The Bertz CT molecular complexity index is 451. The molecular formula is C11H13BrN2O2S. The highest BCUT2D eigenvalue weighted by Crippen LogP contribution is 2.27. The molecule has 0 aliphatic heterocycles. The number of ether oxygens (including phenoxy) is 1. The van der Waals surface area contributed by atoms with Crippen molar-refractivity contribution in [1.29, 1.82) is 0 Å². The van der Waals surface area contributed by atoms with Crippen molar-refractivity contribution in [3.05, 3.63) is 22.7 Å². The van der Waals surface area contributed by atoms with E-state index in [9.17, 15) is 4.79 Å². The molecule has 17 heavy (non-hydrogen) atoms. The highest BCUT2D eigenvalue weighted by Gasteiger charge is 2.15. The van der Waals surface area contributed by atoms with Gasteiger partial charge in [-0.2, -0.15) is 0 Å². The number of methoxy groups -OCH3 is 1. The maximum absolute atomic E-state index is 11.7. The van der Waals surface area contributed by atoms with Gasteiger partial charge >= 0.3 is 0 Å². The molecule has 0 heterocycles. The fraction of sp³-hybridized carbons (Fsp3) is 0.273. The molecule has 0 bridgehead atoms. The molecule has 0 radical (unpaired) electrons. The average molecular weight is 317 g/mol.